The lowest BCUT2D eigenvalue weighted by Gasteiger charge is -2.25. The van der Waals surface area contributed by atoms with Gasteiger partial charge in [-0.2, -0.15) is 13.2 Å². The van der Waals surface area contributed by atoms with Gasteiger partial charge in [0, 0.05) is 11.2 Å². The van der Waals surface area contributed by atoms with Crippen molar-refractivity contribution >= 4 is 45.0 Å². The highest BCUT2D eigenvalue weighted by Crippen LogP contribution is 2.36. The second kappa shape index (κ2) is 9.58. The van der Waals surface area contributed by atoms with Crippen LogP contribution in [0.5, 0.6) is 0 Å². The number of alkyl halides is 3. The first-order valence-corrected chi connectivity index (χ1v) is 11.3. The minimum Gasteiger partial charge on any atom is -0.465 e. The Hall–Kier alpha value is -2.82. The number of pyridine rings is 1. The van der Waals surface area contributed by atoms with Crippen molar-refractivity contribution in [3.05, 3.63) is 87.5 Å². The van der Waals surface area contributed by atoms with Crippen LogP contribution in [0.2, 0.25) is 10.0 Å². The third kappa shape index (κ3) is 5.58. The molecular formula is C21H15Cl2F3N2O4S. The standard InChI is InChI=1S/C21H15Cl2F3N2O4S/c1-32-20(29)14-5-7-17(8-6-14)33(30,31)28(12-13-3-2-4-16(22)9-13)19-18(23)10-15(11-27-19)21(24,25)26/h2-11H,12H2,1H3. The molecule has 0 aliphatic carbocycles. The molecule has 0 aliphatic rings. The second-order valence-corrected chi connectivity index (χ2v) is 9.39. The lowest BCUT2D eigenvalue weighted by Crippen LogP contribution is -2.32. The number of carbonyl (C=O) groups excluding carboxylic acids is 1. The number of anilines is 1. The van der Waals surface area contributed by atoms with Crippen molar-refractivity contribution in [3.8, 4) is 0 Å². The van der Waals surface area contributed by atoms with Gasteiger partial charge in [0.2, 0.25) is 0 Å². The number of hydrogen-bond acceptors (Lipinski definition) is 5. The number of sulfonamides is 1. The minimum atomic E-state index is -4.71. The number of halogens is 5. The Bertz CT molecular complexity index is 1280. The SMILES string of the molecule is COC(=O)c1ccc(S(=O)(=O)N(Cc2cccc(Cl)c2)c2ncc(C(F)(F)F)cc2Cl)cc1. The van der Waals surface area contributed by atoms with Gasteiger partial charge in [0.15, 0.2) is 5.82 Å². The monoisotopic (exact) mass is 518 g/mol. The maximum Gasteiger partial charge on any atom is 0.417 e. The maximum atomic E-state index is 13.5. The Morgan fingerprint density at radius 1 is 1.09 bits per heavy atom. The summed E-state index contributed by atoms with van der Waals surface area (Å²) < 4.78 is 71.4. The molecule has 0 saturated heterocycles. The molecule has 33 heavy (non-hydrogen) atoms. The molecular weight excluding hydrogens is 504 g/mol. The van der Waals surface area contributed by atoms with Gasteiger partial charge in [-0.1, -0.05) is 35.3 Å². The summed E-state index contributed by atoms with van der Waals surface area (Å²) in [6.07, 6.45) is -4.21. The van der Waals surface area contributed by atoms with Crippen LogP contribution in [0.4, 0.5) is 19.0 Å². The van der Waals surface area contributed by atoms with Crippen LogP contribution in [-0.2, 0) is 27.5 Å². The van der Waals surface area contributed by atoms with Gasteiger partial charge in [-0.05, 0) is 48.0 Å². The van der Waals surface area contributed by atoms with E-state index in [0.717, 1.165) is 4.31 Å². The molecule has 1 aromatic heterocycles. The number of carbonyl (C=O) groups is 1. The summed E-state index contributed by atoms with van der Waals surface area (Å²) in [4.78, 5) is 15.1. The number of benzene rings is 2. The fourth-order valence-corrected chi connectivity index (χ4v) is 4.81. The third-order valence-electron chi connectivity index (χ3n) is 4.46. The predicted molar refractivity (Wildman–Crippen MR) is 117 cm³/mol. The normalized spacial score (nSPS) is 11.8. The van der Waals surface area contributed by atoms with E-state index in [4.69, 9.17) is 23.2 Å². The molecule has 2 aromatic carbocycles. The summed E-state index contributed by atoms with van der Waals surface area (Å²) in [6.45, 7) is -0.320. The number of rotatable bonds is 6. The van der Waals surface area contributed by atoms with Crippen LogP contribution in [-0.4, -0.2) is 26.5 Å². The van der Waals surface area contributed by atoms with Crippen molar-refractivity contribution < 1.29 is 31.1 Å². The summed E-state index contributed by atoms with van der Waals surface area (Å²) in [6, 6.07) is 11.7. The molecule has 0 atom stereocenters. The van der Waals surface area contributed by atoms with Crippen LogP contribution >= 0.6 is 23.2 Å². The highest BCUT2D eigenvalue weighted by molar-refractivity contribution is 7.92. The molecule has 0 aliphatic heterocycles. The first-order chi connectivity index (χ1) is 15.4. The summed E-state index contributed by atoms with van der Waals surface area (Å²) in [7, 11) is -3.20. The third-order valence-corrected chi connectivity index (χ3v) is 6.73. The first-order valence-electron chi connectivity index (χ1n) is 9.12. The summed E-state index contributed by atoms with van der Waals surface area (Å²) in [5.74, 6) is -1.07. The number of methoxy groups -OCH3 is 1. The molecule has 0 saturated carbocycles. The van der Waals surface area contributed by atoms with E-state index in [2.05, 4.69) is 9.72 Å². The van der Waals surface area contributed by atoms with Crippen LogP contribution in [0.25, 0.3) is 0 Å². The largest absolute Gasteiger partial charge is 0.465 e. The van der Waals surface area contributed by atoms with E-state index >= 15 is 0 Å². The topological polar surface area (TPSA) is 76.6 Å². The number of aromatic nitrogens is 1. The van der Waals surface area contributed by atoms with E-state index in [0.29, 0.717) is 22.8 Å². The molecule has 0 unspecified atom stereocenters. The van der Waals surface area contributed by atoms with Crippen molar-refractivity contribution in [3.63, 3.8) is 0 Å². The van der Waals surface area contributed by atoms with Gasteiger partial charge in [0.25, 0.3) is 10.0 Å². The minimum absolute atomic E-state index is 0.114. The number of hydrogen-bond donors (Lipinski definition) is 0. The van der Waals surface area contributed by atoms with Crippen LogP contribution < -0.4 is 4.31 Å². The van der Waals surface area contributed by atoms with Crippen LogP contribution in [0.15, 0.2) is 65.7 Å². The zero-order valence-electron chi connectivity index (χ0n) is 16.8. The molecule has 0 radical (unpaired) electrons. The van der Waals surface area contributed by atoms with Gasteiger partial charge in [-0.3, -0.25) is 0 Å². The Kier molecular flexibility index (Phi) is 7.20. The first kappa shape index (κ1) is 24.8. The van der Waals surface area contributed by atoms with Crippen molar-refractivity contribution in [2.45, 2.75) is 17.6 Å². The van der Waals surface area contributed by atoms with Crippen molar-refractivity contribution in [2.24, 2.45) is 0 Å². The summed E-state index contributed by atoms with van der Waals surface area (Å²) in [5.41, 5.74) is -0.572. The molecule has 0 bridgehead atoms. The van der Waals surface area contributed by atoms with Crippen LogP contribution in [0.1, 0.15) is 21.5 Å². The van der Waals surface area contributed by atoms with Crippen LogP contribution in [0, 0.1) is 0 Å². The van der Waals surface area contributed by atoms with Crippen molar-refractivity contribution in [1.82, 2.24) is 4.98 Å². The Morgan fingerprint density at radius 3 is 2.30 bits per heavy atom. The molecule has 3 aromatic rings. The smallest absolute Gasteiger partial charge is 0.417 e. The average molecular weight is 519 g/mol. The van der Waals surface area contributed by atoms with Gasteiger partial charge in [0.05, 0.1) is 34.7 Å². The molecule has 0 amide bonds. The van der Waals surface area contributed by atoms with Crippen molar-refractivity contribution in [1.29, 1.82) is 0 Å². The molecule has 3 rings (SSSR count). The van der Waals surface area contributed by atoms with E-state index < -0.39 is 38.6 Å². The van der Waals surface area contributed by atoms with E-state index in [1.807, 2.05) is 0 Å². The van der Waals surface area contributed by atoms with Crippen molar-refractivity contribution in [2.75, 3.05) is 11.4 Å². The molecule has 0 fully saturated rings. The molecule has 12 heteroatoms. The fourth-order valence-electron chi connectivity index (χ4n) is 2.85. The van der Waals surface area contributed by atoms with E-state index in [9.17, 15) is 26.4 Å². The zero-order chi connectivity index (χ0) is 24.4. The van der Waals surface area contributed by atoms with Gasteiger partial charge in [-0.15, -0.1) is 0 Å². The second-order valence-electron chi connectivity index (χ2n) is 6.68. The van der Waals surface area contributed by atoms with E-state index in [-0.39, 0.29) is 17.0 Å². The summed E-state index contributed by atoms with van der Waals surface area (Å²) in [5, 5.41) is -0.180. The average Bonchev–Trinajstić information content (AvgIpc) is 2.76. The molecule has 0 N–H and O–H groups in total. The predicted octanol–water partition coefficient (Wildman–Crippen LogP) is 5.59. The molecule has 6 nitrogen and oxygen atoms in total. The quantitative estimate of drug-likeness (QED) is 0.397. The Balaban J connectivity index is 2.11. The molecule has 174 valence electrons. The fraction of sp³-hybridized carbons (Fsp3) is 0.143. The van der Waals surface area contributed by atoms with E-state index in [1.54, 1.807) is 18.2 Å². The van der Waals surface area contributed by atoms with Crippen LogP contribution in [0.3, 0.4) is 0 Å². The van der Waals surface area contributed by atoms with Gasteiger partial charge in [-0.25, -0.2) is 22.5 Å². The molecule has 0 spiro atoms. The van der Waals surface area contributed by atoms with Gasteiger partial charge >= 0.3 is 12.1 Å². The lowest BCUT2D eigenvalue weighted by molar-refractivity contribution is -0.137. The zero-order valence-corrected chi connectivity index (χ0v) is 19.1. The van der Waals surface area contributed by atoms with E-state index in [1.165, 1.54) is 37.4 Å². The molecule has 1 heterocycles. The van der Waals surface area contributed by atoms with Gasteiger partial charge in [0.1, 0.15) is 0 Å². The Labute approximate surface area is 197 Å². The lowest BCUT2D eigenvalue weighted by atomic mass is 10.2. The maximum absolute atomic E-state index is 13.5. The Morgan fingerprint density at radius 2 is 1.76 bits per heavy atom. The number of esters is 1. The number of ether oxygens (including phenoxy) is 1. The number of nitrogens with zero attached hydrogens (tertiary/aromatic N) is 2. The summed E-state index contributed by atoms with van der Waals surface area (Å²) >= 11 is 12.0. The highest BCUT2D eigenvalue weighted by atomic mass is 35.5. The van der Waals surface area contributed by atoms with Gasteiger partial charge < -0.3 is 4.74 Å². The highest BCUT2D eigenvalue weighted by Gasteiger charge is 2.34.